The third-order valence-electron chi connectivity index (χ3n) is 3.00. The summed E-state index contributed by atoms with van der Waals surface area (Å²) in [6, 6.07) is -0.633. The quantitative estimate of drug-likeness (QED) is 0.318. The normalized spacial score (nSPS) is 42.2. The molecule has 6 atom stereocenters. The van der Waals surface area contributed by atoms with E-state index in [9.17, 15) is 20.4 Å². The largest absolute Gasteiger partial charge is 0.394 e. The predicted molar refractivity (Wildman–Crippen MR) is 58.1 cm³/mol. The molecule has 0 bridgehead atoms. The van der Waals surface area contributed by atoms with E-state index in [0.717, 1.165) is 0 Å². The van der Waals surface area contributed by atoms with E-state index in [-0.39, 0.29) is 6.42 Å². The number of hydrogen-bond donors (Lipinski definition) is 6. The summed E-state index contributed by atoms with van der Waals surface area (Å²) in [5, 5.41) is 50.3. The maximum absolute atomic E-state index is 9.82. The van der Waals surface area contributed by atoms with E-state index in [4.69, 9.17) is 9.84 Å². The third kappa shape index (κ3) is 3.35. The van der Waals surface area contributed by atoms with E-state index in [1.807, 2.05) is 0 Å². The van der Waals surface area contributed by atoms with Crippen LogP contribution in [0.15, 0.2) is 0 Å². The minimum Gasteiger partial charge on any atom is -0.394 e. The van der Waals surface area contributed by atoms with Crippen molar-refractivity contribution in [1.29, 1.82) is 0 Å². The zero-order valence-electron chi connectivity index (χ0n) is 9.95. The van der Waals surface area contributed by atoms with Gasteiger partial charge in [-0.05, 0) is 14.0 Å². The second-order valence-corrected chi connectivity index (χ2v) is 4.58. The average Bonchev–Trinajstić information content (AvgIpc) is 2.24. The number of hydrogen-bond acceptors (Lipinski definition) is 7. The first-order valence-electron chi connectivity index (χ1n) is 5.55. The van der Waals surface area contributed by atoms with E-state index >= 15 is 0 Å². The van der Waals surface area contributed by atoms with Gasteiger partial charge in [0.25, 0.3) is 0 Å². The predicted octanol–water partition coefficient (Wildman–Crippen LogP) is -2.85. The van der Waals surface area contributed by atoms with Gasteiger partial charge in [0.1, 0.15) is 18.3 Å². The van der Waals surface area contributed by atoms with Crippen molar-refractivity contribution >= 4 is 0 Å². The molecule has 7 heteroatoms. The second kappa shape index (κ2) is 5.57. The van der Waals surface area contributed by atoms with Crippen LogP contribution in [0.5, 0.6) is 0 Å². The highest BCUT2D eigenvalue weighted by Crippen LogP contribution is 2.29. The molecule has 1 aliphatic rings. The fourth-order valence-electron chi connectivity index (χ4n) is 2.11. The lowest BCUT2D eigenvalue weighted by Crippen LogP contribution is -2.63. The highest BCUT2D eigenvalue weighted by atomic mass is 16.6. The summed E-state index contributed by atoms with van der Waals surface area (Å²) in [5.41, 5.74) is 0. The Bertz CT molecular complexity index is 249. The molecule has 0 aliphatic carbocycles. The zero-order valence-corrected chi connectivity index (χ0v) is 9.95. The molecule has 0 radical (unpaired) electrons. The molecule has 6 unspecified atom stereocenters. The Labute approximate surface area is 99.7 Å². The van der Waals surface area contributed by atoms with Crippen molar-refractivity contribution in [2.45, 2.75) is 49.6 Å². The fourth-order valence-corrected chi connectivity index (χ4v) is 2.11. The molecule has 1 fully saturated rings. The van der Waals surface area contributed by atoms with Gasteiger partial charge in [-0.2, -0.15) is 0 Å². The van der Waals surface area contributed by atoms with Gasteiger partial charge < -0.3 is 35.6 Å². The maximum Gasteiger partial charge on any atom is 0.165 e. The molecule has 0 spiro atoms. The first-order chi connectivity index (χ1) is 7.82. The summed E-state index contributed by atoms with van der Waals surface area (Å²) in [6.07, 6.45) is -4.73. The maximum atomic E-state index is 9.82. The summed E-state index contributed by atoms with van der Waals surface area (Å²) < 4.78 is 5.24. The Morgan fingerprint density at radius 2 is 2.06 bits per heavy atom. The summed E-state index contributed by atoms with van der Waals surface area (Å²) in [6.45, 7) is 0.739. The van der Waals surface area contributed by atoms with Gasteiger partial charge in [0.2, 0.25) is 0 Å². The molecule has 0 aromatic carbocycles. The Balaban J connectivity index is 2.84. The van der Waals surface area contributed by atoms with Crippen LogP contribution in [-0.2, 0) is 4.74 Å². The lowest BCUT2D eigenvalue weighted by Gasteiger charge is -2.45. The Morgan fingerprint density at radius 1 is 1.47 bits per heavy atom. The minimum absolute atomic E-state index is 0.00303. The van der Waals surface area contributed by atoms with Crippen molar-refractivity contribution in [3.63, 3.8) is 0 Å². The molecule has 1 aliphatic heterocycles. The van der Waals surface area contributed by atoms with Gasteiger partial charge in [0, 0.05) is 6.42 Å². The van der Waals surface area contributed by atoms with Gasteiger partial charge in [-0.3, -0.25) is 0 Å². The van der Waals surface area contributed by atoms with Gasteiger partial charge >= 0.3 is 0 Å². The molecule has 17 heavy (non-hydrogen) atoms. The molecule has 1 heterocycles. The molecule has 6 N–H and O–H groups in total. The summed E-state index contributed by atoms with van der Waals surface area (Å²) >= 11 is 0. The number of aliphatic hydroxyl groups is 5. The van der Waals surface area contributed by atoms with Gasteiger partial charge in [-0.1, -0.05) is 0 Å². The first-order valence-corrected chi connectivity index (χ1v) is 5.55. The topological polar surface area (TPSA) is 122 Å². The Morgan fingerprint density at radius 3 is 2.53 bits per heavy atom. The number of likely N-dealkylation sites (N-methyl/N-ethyl adjacent to an activating group) is 1. The molecule has 1 saturated heterocycles. The standard InChI is InChI=1S/C10H21NO6/c1-10(16)3-5(13)7(11-2)9(17-10)8(15)6(14)4-12/h5-9,11-16H,3-4H2,1-2H3. The lowest BCUT2D eigenvalue weighted by molar-refractivity contribution is -0.292. The van der Waals surface area contributed by atoms with E-state index in [1.165, 1.54) is 6.92 Å². The molecule has 1 rings (SSSR count). The van der Waals surface area contributed by atoms with Crippen molar-refractivity contribution in [3.8, 4) is 0 Å². The highest BCUT2D eigenvalue weighted by molar-refractivity contribution is 4.96. The summed E-state index contributed by atoms with van der Waals surface area (Å²) in [5.74, 6) is -1.58. The molecule has 0 aromatic rings. The van der Waals surface area contributed by atoms with Gasteiger partial charge in [-0.15, -0.1) is 0 Å². The van der Waals surface area contributed by atoms with Crippen molar-refractivity contribution in [1.82, 2.24) is 5.32 Å². The summed E-state index contributed by atoms with van der Waals surface area (Å²) in [7, 11) is 1.57. The molecule has 7 nitrogen and oxygen atoms in total. The van der Waals surface area contributed by atoms with E-state index in [1.54, 1.807) is 7.05 Å². The second-order valence-electron chi connectivity index (χ2n) is 4.58. The number of ether oxygens (including phenoxy) is 1. The van der Waals surface area contributed by atoms with Crippen LogP contribution < -0.4 is 5.32 Å². The van der Waals surface area contributed by atoms with Gasteiger partial charge in [-0.25, -0.2) is 0 Å². The smallest absolute Gasteiger partial charge is 0.165 e. The van der Waals surface area contributed by atoms with Crippen LogP contribution in [0, 0.1) is 0 Å². The van der Waals surface area contributed by atoms with Crippen LogP contribution in [-0.4, -0.2) is 75.4 Å². The van der Waals surface area contributed by atoms with Crippen molar-refractivity contribution in [2.75, 3.05) is 13.7 Å². The molecular formula is C10H21NO6. The van der Waals surface area contributed by atoms with Crippen molar-refractivity contribution < 1.29 is 30.3 Å². The van der Waals surface area contributed by atoms with Crippen molar-refractivity contribution in [2.24, 2.45) is 0 Å². The van der Waals surface area contributed by atoms with Gasteiger partial charge in [0.15, 0.2) is 5.79 Å². The van der Waals surface area contributed by atoms with Crippen LogP contribution in [0.25, 0.3) is 0 Å². The van der Waals surface area contributed by atoms with Gasteiger partial charge in [0.05, 0.1) is 18.8 Å². The first kappa shape index (κ1) is 14.8. The Kier molecular flexibility index (Phi) is 4.85. The zero-order chi connectivity index (χ0) is 13.2. The molecule has 0 saturated carbocycles. The van der Waals surface area contributed by atoms with Crippen molar-refractivity contribution in [3.05, 3.63) is 0 Å². The SMILES string of the molecule is CNC1C(O)CC(C)(O)OC1C(O)C(O)CO. The van der Waals surface area contributed by atoms with Crippen LogP contribution >= 0.6 is 0 Å². The lowest BCUT2D eigenvalue weighted by atomic mass is 9.89. The third-order valence-corrected chi connectivity index (χ3v) is 3.00. The number of rotatable bonds is 4. The van der Waals surface area contributed by atoms with Crippen LogP contribution in [0.1, 0.15) is 13.3 Å². The van der Waals surface area contributed by atoms with Crippen LogP contribution in [0.2, 0.25) is 0 Å². The average molecular weight is 251 g/mol. The molecule has 0 amide bonds. The monoisotopic (exact) mass is 251 g/mol. The Hall–Kier alpha value is -0.280. The van der Waals surface area contributed by atoms with E-state index in [0.29, 0.717) is 0 Å². The number of nitrogens with one attached hydrogen (secondary N) is 1. The molecule has 102 valence electrons. The van der Waals surface area contributed by atoms with E-state index in [2.05, 4.69) is 5.32 Å². The fraction of sp³-hybridized carbons (Fsp3) is 1.00. The van der Waals surface area contributed by atoms with Crippen LogP contribution in [0.4, 0.5) is 0 Å². The number of aliphatic hydroxyl groups excluding tert-OH is 4. The summed E-state index contributed by atoms with van der Waals surface area (Å²) in [4.78, 5) is 0. The highest BCUT2D eigenvalue weighted by Gasteiger charge is 2.46. The minimum atomic E-state index is -1.58. The molecule has 0 aromatic heterocycles. The van der Waals surface area contributed by atoms with Crippen LogP contribution in [0.3, 0.4) is 0 Å². The molecular weight excluding hydrogens is 230 g/mol. The van der Waals surface area contributed by atoms with E-state index < -0.39 is 42.9 Å².